The molecule has 0 aromatic heterocycles. The van der Waals surface area contributed by atoms with E-state index in [0.29, 0.717) is 6.54 Å². The van der Waals surface area contributed by atoms with Crippen LogP contribution in [0.1, 0.15) is 32.6 Å². The Balaban J connectivity index is 2.11. The number of nitrogens with zero attached hydrogens (tertiary/aromatic N) is 2. The van der Waals surface area contributed by atoms with E-state index in [0.717, 1.165) is 32.4 Å². The van der Waals surface area contributed by atoms with Gasteiger partial charge in [-0.2, -0.15) is 0 Å². The van der Waals surface area contributed by atoms with Gasteiger partial charge in [-0.15, -0.1) is 0 Å². The summed E-state index contributed by atoms with van der Waals surface area (Å²) in [7, 11) is 0. The molecule has 2 atom stereocenters. The van der Waals surface area contributed by atoms with Crippen LogP contribution in [0.5, 0.6) is 0 Å². The van der Waals surface area contributed by atoms with Crippen molar-refractivity contribution in [2.75, 3.05) is 26.2 Å². The van der Waals surface area contributed by atoms with Crippen LogP contribution in [-0.2, 0) is 4.79 Å². The quantitative estimate of drug-likeness (QED) is 0.684. The number of carboxylic acid groups (broad SMARTS) is 1. The smallest absolute Gasteiger partial charge is 0.326 e. The van der Waals surface area contributed by atoms with Crippen molar-refractivity contribution in [3.63, 3.8) is 0 Å². The van der Waals surface area contributed by atoms with Crippen molar-refractivity contribution in [1.82, 2.24) is 15.1 Å². The highest BCUT2D eigenvalue weighted by Gasteiger charge is 2.41. The van der Waals surface area contributed by atoms with Gasteiger partial charge in [0.1, 0.15) is 6.04 Å². The number of amides is 2. The lowest BCUT2D eigenvalue weighted by Crippen LogP contribution is -2.54. The second-order valence-corrected chi connectivity index (χ2v) is 5.85. The SMILES string of the molecule is CCCN(C(=O)N1C[C@@H](O)C[C@H]1C(=O)O)C1CCNCC1. The molecule has 0 spiro atoms. The van der Waals surface area contributed by atoms with E-state index in [1.807, 2.05) is 6.92 Å². The van der Waals surface area contributed by atoms with Gasteiger partial charge >= 0.3 is 12.0 Å². The third-order valence-electron chi connectivity index (χ3n) is 4.27. The van der Waals surface area contributed by atoms with E-state index >= 15 is 0 Å². The molecule has 2 rings (SSSR count). The average molecular weight is 299 g/mol. The summed E-state index contributed by atoms with van der Waals surface area (Å²) >= 11 is 0. The maximum Gasteiger partial charge on any atom is 0.326 e. The monoisotopic (exact) mass is 299 g/mol. The number of likely N-dealkylation sites (tertiary alicyclic amines) is 1. The number of carbonyl (C=O) groups is 2. The first kappa shape index (κ1) is 16.0. The van der Waals surface area contributed by atoms with Gasteiger partial charge in [-0.05, 0) is 32.4 Å². The highest BCUT2D eigenvalue weighted by atomic mass is 16.4. The number of aliphatic hydroxyl groups excluding tert-OH is 1. The molecule has 0 aromatic rings. The number of β-amino-alcohol motifs (C(OH)–C–C–N with tert-alkyl or cyclic N) is 1. The molecule has 2 saturated heterocycles. The zero-order chi connectivity index (χ0) is 15.4. The standard InChI is InChI=1S/C14H25N3O4/c1-2-7-16(10-3-5-15-6-4-10)14(21)17-9-11(18)8-12(17)13(19)20/h10-12,15,18H,2-9H2,1H3,(H,19,20)/t11-,12-/m0/s1. The van der Waals surface area contributed by atoms with Gasteiger partial charge in [0.2, 0.25) is 0 Å². The molecule has 2 aliphatic heterocycles. The molecule has 0 radical (unpaired) electrons. The van der Waals surface area contributed by atoms with E-state index in [2.05, 4.69) is 5.32 Å². The van der Waals surface area contributed by atoms with Gasteiger partial charge in [0.15, 0.2) is 0 Å². The zero-order valence-corrected chi connectivity index (χ0v) is 12.5. The zero-order valence-electron chi connectivity index (χ0n) is 12.5. The molecule has 0 aliphatic carbocycles. The summed E-state index contributed by atoms with van der Waals surface area (Å²) in [6.07, 6.45) is 1.99. The van der Waals surface area contributed by atoms with E-state index in [4.69, 9.17) is 0 Å². The van der Waals surface area contributed by atoms with E-state index in [1.165, 1.54) is 4.90 Å². The van der Waals surface area contributed by atoms with Crippen molar-refractivity contribution in [1.29, 1.82) is 0 Å². The summed E-state index contributed by atoms with van der Waals surface area (Å²) in [4.78, 5) is 27.2. The van der Waals surface area contributed by atoms with Crippen molar-refractivity contribution in [3.05, 3.63) is 0 Å². The topological polar surface area (TPSA) is 93.1 Å². The third kappa shape index (κ3) is 3.65. The van der Waals surface area contributed by atoms with E-state index in [1.54, 1.807) is 4.90 Å². The first-order valence-corrected chi connectivity index (χ1v) is 7.73. The lowest BCUT2D eigenvalue weighted by atomic mass is 10.0. The minimum absolute atomic E-state index is 0.112. The summed E-state index contributed by atoms with van der Waals surface area (Å²) in [5.41, 5.74) is 0. The van der Waals surface area contributed by atoms with Gasteiger partial charge in [0, 0.05) is 25.6 Å². The minimum atomic E-state index is -1.04. The first-order valence-electron chi connectivity index (χ1n) is 7.73. The van der Waals surface area contributed by atoms with Crippen molar-refractivity contribution >= 4 is 12.0 Å². The average Bonchev–Trinajstić information content (AvgIpc) is 2.87. The van der Waals surface area contributed by atoms with Crippen LogP contribution in [0.15, 0.2) is 0 Å². The minimum Gasteiger partial charge on any atom is -0.480 e. The third-order valence-corrected chi connectivity index (χ3v) is 4.27. The summed E-state index contributed by atoms with van der Waals surface area (Å²) < 4.78 is 0. The molecule has 2 fully saturated rings. The molecule has 2 aliphatic rings. The van der Waals surface area contributed by atoms with Crippen molar-refractivity contribution in [2.24, 2.45) is 0 Å². The van der Waals surface area contributed by atoms with Gasteiger partial charge in [-0.25, -0.2) is 9.59 Å². The Hall–Kier alpha value is -1.34. The molecule has 120 valence electrons. The van der Waals surface area contributed by atoms with E-state index in [9.17, 15) is 19.8 Å². The van der Waals surface area contributed by atoms with Crippen LogP contribution in [0.25, 0.3) is 0 Å². The lowest BCUT2D eigenvalue weighted by molar-refractivity contribution is -0.141. The van der Waals surface area contributed by atoms with Crippen LogP contribution in [-0.4, -0.2) is 76.4 Å². The number of nitrogens with one attached hydrogen (secondary N) is 1. The van der Waals surface area contributed by atoms with E-state index < -0.39 is 18.1 Å². The largest absolute Gasteiger partial charge is 0.480 e. The molecule has 0 unspecified atom stereocenters. The number of carbonyl (C=O) groups excluding carboxylic acids is 1. The summed E-state index contributed by atoms with van der Waals surface area (Å²) in [5.74, 6) is -1.04. The Bertz CT molecular complexity index is 384. The second kappa shape index (κ2) is 7.09. The fourth-order valence-corrected chi connectivity index (χ4v) is 3.22. The highest BCUT2D eigenvalue weighted by Crippen LogP contribution is 2.23. The van der Waals surface area contributed by atoms with Crippen molar-refractivity contribution < 1.29 is 19.8 Å². The molecule has 7 heteroatoms. The second-order valence-electron chi connectivity index (χ2n) is 5.85. The predicted molar refractivity (Wildman–Crippen MR) is 77.0 cm³/mol. The molecular weight excluding hydrogens is 274 g/mol. The Morgan fingerprint density at radius 2 is 2.00 bits per heavy atom. The van der Waals surface area contributed by atoms with Crippen molar-refractivity contribution in [3.8, 4) is 0 Å². The van der Waals surface area contributed by atoms with Gasteiger partial charge in [-0.1, -0.05) is 6.92 Å². The summed E-state index contributed by atoms with van der Waals surface area (Å²) in [5, 5.41) is 22.2. The number of hydrogen-bond acceptors (Lipinski definition) is 4. The van der Waals surface area contributed by atoms with Gasteiger partial charge in [0.05, 0.1) is 6.10 Å². The highest BCUT2D eigenvalue weighted by molar-refractivity contribution is 5.83. The number of aliphatic carboxylic acids is 1. The molecule has 2 amide bonds. The number of hydrogen-bond donors (Lipinski definition) is 3. The molecule has 0 bridgehead atoms. The van der Waals surface area contributed by atoms with Gasteiger partial charge in [-0.3, -0.25) is 0 Å². The number of urea groups is 1. The van der Waals surface area contributed by atoms with Crippen LogP contribution < -0.4 is 5.32 Å². The molecule has 21 heavy (non-hydrogen) atoms. The summed E-state index contributed by atoms with van der Waals surface area (Å²) in [6, 6.07) is -0.993. The normalized spacial score (nSPS) is 26.9. The number of piperidine rings is 1. The first-order chi connectivity index (χ1) is 10.0. The molecule has 0 saturated carbocycles. The van der Waals surface area contributed by atoms with Crippen LogP contribution in [0.2, 0.25) is 0 Å². The number of carboxylic acids is 1. The molecule has 0 aromatic carbocycles. The Morgan fingerprint density at radius 1 is 1.33 bits per heavy atom. The summed E-state index contributed by atoms with van der Waals surface area (Å²) in [6.45, 7) is 4.50. The van der Waals surface area contributed by atoms with Crippen LogP contribution >= 0.6 is 0 Å². The molecule has 3 N–H and O–H groups in total. The fraction of sp³-hybridized carbons (Fsp3) is 0.857. The van der Waals surface area contributed by atoms with Crippen LogP contribution in [0.4, 0.5) is 4.79 Å². The Kier molecular flexibility index (Phi) is 5.41. The van der Waals surface area contributed by atoms with Crippen molar-refractivity contribution in [2.45, 2.75) is 50.8 Å². The van der Waals surface area contributed by atoms with Gasteiger partial charge < -0.3 is 25.3 Å². The van der Waals surface area contributed by atoms with Gasteiger partial charge in [0.25, 0.3) is 0 Å². The number of rotatable bonds is 4. The van der Waals surface area contributed by atoms with Crippen LogP contribution in [0, 0.1) is 0 Å². The molecular formula is C14H25N3O4. The lowest BCUT2D eigenvalue weighted by Gasteiger charge is -2.37. The number of aliphatic hydroxyl groups is 1. The maximum atomic E-state index is 12.8. The predicted octanol–water partition coefficient (Wildman–Crippen LogP) is 0.0902. The Morgan fingerprint density at radius 3 is 2.57 bits per heavy atom. The Labute approximate surface area is 124 Å². The molecule has 7 nitrogen and oxygen atoms in total. The fourth-order valence-electron chi connectivity index (χ4n) is 3.22. The van der Waals surface area contributed by atoms with Crippen LogP contribution in [0.3, 0.4) is 0 Å². The maximum absolute atomic E-state index is 12.8. The molecule has 2 heterocycles. The van der Waals surface area contributed by atoms with E-state index in [-0.39, 0.29) is 25.0 Å².